The second-order valence-corrected chi connectivity index (χ2v) is 5.26. The summed E-state index contributed by atoms with van der Waals surface area (Å²) in [5.41, 5.74) is 0.283. The largest absolute Gasteiger partial charge is 0.183 e. The van der Waals surface area contributed by atoms with Crippen LogP contribution in [0, 0.1) is 0 Å². The summed E-state index contributed by atoms with van der Waals surface area (Å²) in [6, 6.07) is 4.20. The van der Waals surface area contributed by atoms with Crippen molar-refractivity contribution in [3.63, 3.8) is 0 Å². The summed E-state index contributed by atoms with van der Waals surface area (Å²) in [7, 11) is 0. The van der Waals surface area contributed by atoms with E-state index in [9.17, 15) is 0 Å². The molecule has 0 fully saturated rings. The van der Waals surface area contributed by atoms with Gasteiger partial charge in [0.05, 0.1) is 4.21 Å². The van der Waals surface area contributed by atoms with Crippen molar-refractivity contribution in [2.45, 2.75) is 44.2 Å². The van der Waals surface area contributed by atoms with Crippen molar-refractivity contribution in [3.8, 4) is 0 Å². The van der Waals surface area contributed by atoms with Gasteiger partial charge in [-0.05, 0) is 23.8 Å². The molecule has 1 heterocycles. The molecule has 3 heteroatoms. The molecule has 1 aromatic heterocycles. The van der Waals surface area contributed by atoms with Crippen molar-refractivity contribution >= 4 is 36.6 Å². The second kappa shape index (κ2) is 8.69. The highest BCUT2D eigenvalue weighted by atomic mass is 32.2. The van der Waals surface area contributed by atoms with Crippen LogP contribution in [0.4, 0.5) is 0 Å². The summed E-state index contributed by atoms with van der Waals surface area (Å²) >= 11 is 9.54. The van der Waals surface area contributed by atoms with Crippen molar-refractivity contribution in [3.05, 3.63) is 17.0 Å². The Bertz CT molecular complexity index is 221. The maximum Gasteiger partial charge on any atom is 0.0571 e. The summed E-state index contributed by atoms with van der Waals surface area (Å²) in [6.45, 7) is 10.6. The van der Waals surface area contributed by atoms with E-state index in [0.29, 0.717) is 0 Å². The number of thiol groups is 2. The molecule has 0 atom stereocenters. The van der Waals surface area contributed by atoms with Crippen LogP contribution in [-0.4, -0.2) is 6.26 Å². The molecule has 0 amide bonds. The first kappa shape index (κ1) is 16.8. The molecule has 0 nitrogen and oxygen atoms in total. The summed E-state index contributed by atoms with van der Waals surface area (Å²) in [5.74, 6) is 0. The van der Waals surface area contributed by atoms with E-state index >= 15 is 0 Å². The normalized spacial score (nSPS) is 9.43. The lowest BCUT2D eigenvalue weighted by molar-refractivity contribution is 0.604. The van der Waals surface area contributed by atoms with Gasteiger partial charge in [0.2, 0.25) is 0 Å². The van der Waals surface area contributed by atoms with Crippen LogP contribution in [0.3, 0.4) is 0 Å². The van der Waals surface area contributed by atoms with Crippen LogP contribution in [0.5, 0.6) is 0 Å². The standard InChI is InChI=1S/C8H12S2.C2H6.CH4S/c1-8(2,3)6-4-5-7(9)10-6;2*1-2/h4-5,9H,1-3H3;1-2H3;2H,1H3. The number of hydrogen-bond acceptors (Lipinski definition) is 3. The number of hydrogen-bond donors (Lipinski definition) is 2. The van der Waals surface area contributed by atoms with Gasteiger partial charge in [0.15, 0.2) is 0 Å². The summed E-state index contributed by atoms with van der Waals surface area (Å²) in [6.07, 6.45) is 1.69. The minimum atomic E-state index is 0.283. The van der Waals surface area contributed by atoms with E-state index in [4.69, 9.17) is 0 Å². The molecule has 0 saturated carbocycles. The third-order valence-corrected chi connectivity index (χ3v) is 3.07. The van der Waals surface area contributed by atoms with E-state index in [2.05, 4.69) is 52.1 Å². The van der Waals surface area contributed by atoms with Gasteiger partial charge in [0.1, 0.15) is 0 Å². The minimum Gasteiger partial charge on any atom is -0.183 e. The number of thiophene rings is 1. The van der Waals surface area contributed by atoms with E-state index < -0.39 is 0 Å². The van der Waals surface area contributed by atoms with Gasteiger partial charge >= 0.3 is 0 Å². The van der Waals surface area contributed by atoms with E-state index in [0.717, 1.165) is 4.21 Å². The average Bonchev–Trinajstić information content (AvgIpc) is 2.58. The first-order chi connectivity index (χ1) is 6.50. The maximum absolute atomic E-state index is 4.26. The molecule has 0 bridgehead atoms. The molecule has 0 aliphatic rings. The highest BCUT2D eigenvalue weighted by Gasteiger charge is 2.14. The first-order valence-corrected chi connectivity index (χ1v) is 6.90. The fourth-order valence-corrected chi connectivity index (χ4v) is 1.90. The van der Waals surface area contributed by atoms with Crippen LogP contribution in [0.15, 0.2) is 16.3 Å². The van der Waals surface area contributed by atoms with E-state index in [1.165, 1.54) is 4.88 Å². The van der Waals surface area contributed by atoms with Crippen molar-refractivity contribution in [1.29, 1.82) is 0 Å². The zero-order chi connectivity index (χ0) is 11.8. The van der Waals surface area contributed by atoms with Crippen molar-refractivity contribution < 1.29 is 0 Å². The van der Waals surface area contributed by atoms with Crippen LogP contribution >= 0.6 is 36.6 Å². The minimum absolute atomic E-state index is 0.283. The predicted molar refractivity (Wildman–Crippen MR) is 76.5 cm³/mol. The average molecular weight is 250 g/mol. The number of rotatable bonds is 0. The molecular formula is C11H22S3. The topological polar surface area (TPSA) is 0 Å². The highest BCUT2D eigenvalue weighted by molar-refractivity contribution is 7.82. The fourth-order valence-electron chi connectivity index (χ4n) is 0.731. The predicted octanol–water partition coefficient (Wildman–Crippen LogP) is 4.91. The van der Waals surface area contributed by atoms with Crippen LogP contribution in [-0.2, 0) is 5.41 Å². The highest BCUT2D eigenvalue weighted by Crippen LogP contribution is 2.30. The Balaban J connectivity index is 0. The van der Waals surface area contributed by atoms with Gasteiger partial charge in [-0.3, -0.25) is 0 Å². The Labute approximate surface area is 104 Å². The van der Waals surface area contributed by atoms with Gasteiger partial charge in [-0.15, -0.1) is 24.0 Å². The lowest BCUT2D eigenvalue weighted by Crippen LogP contribution is -2.07. The Hall–Kier alpha value is 0.400. The molecule has 0 aliphatic heterocycles. The van der Waals surface area contributed by atoms with Crippen molar-refractivity contribution in [2.24, 2.45) is 0 Å². The SMILES string of the molecule is CC.CC(C)(C)c1ccc(S)s1.CS. The Morgan fingerprint density at radius 2 is 1.50 bits per heavy atom. The van der Waals surface area contributed by atoms with Gasteiger partial charge in [-0.25, -0.2) is 0 Å². The lowest BCUT2D eigenvalue weighted by atomic mass is 9.95. The third kappa shape index (κ3) is 6.80. The molecule has 0 aliphatic carbocycles. The van der Waals surface area contributed by atoms with E-state index in [1.54, 1.807) is 17.6 Å². The van der Waals surface area contributed by atoms with Gasteiger partial charge < -0.3 is 0 Å². The van der Waals surface area contributed by atoms with Crippen LogP contribution in [0.1, 0.15) is 39.5 Å². The molecule has 84 valence electrons. The van der Waals surface area contributed by atoms with Gasteiger partial charge in [0.25, 0.3) is 0 Å². The van der Waals surface area contributed by atoms with E-state index in [1.807, 2.05) is 19.9 Å². The van der Waals surface area contributed by atoms with Crippen LogP contribution < -0.4 is 0 Å². The van der Waals surface area contributed by atoms with E-state index in [-0.39, 0.29) is 5.41 Å². The molecule has 0 spiro atoms. The monoisotopic (exact) mass is 250 g/mol. The maximum atomic E-state index is 4.26. The molecule has 1 aromatic rings. The second-order valence-electron chi connectivity index (χ2n) is 3.39. The molecular weight excluding hydrogens is 228 g/mol. The Morgan fingerprint density at radius 3 is 1.64 bits per heavy atom. The Morgan fingerprint density at radius 1 is 1.07 bits per heavy atom. The lowest BCUT2D eigenvalue weighted by Gasteiger charge is -2.14. The summed E-state index contributed by atoms with van der Waals surface area (Å²) < 4.78 is 1.10. The smallest absolute Gasteiger partial charge is 0.0571 e. The van der Waals surface area contributed by atoms with Crippen molar-refractivity contribution in [2.75, 3.05) is 6.26 Å². The van der Waals surface area contributed by atoms with Crippen LogP contribution in [0.2, 0.25) is 0 Å². The Kier molecular flexibility index (Phi) is 10.4. The zero-order valence-corrected chi connectivity index (χ0v) is 12.6. The first-order valence-electron chi connectivity index (χ1n) is 4.74. The molecule has 0 unspecified atom stereocenters. The molecule has 1 rings (SSSR count). The quantitative estimate of drug-likeness (QED) is 0.601. The molecule has 0 saturated heterocycles. The van der Waals surface area contributed by atoms with Crippen molar-refractivity contribution in [1.82, 2.24) is 0 Å². The van der Waals surface area contributed by atoms with Gasteiger partial charge in [-0.2, -0.15) is 12.6 Å². The van der Waals surface area contributed by atoms with Crippen LogP contribution in [0.25, 0.3) is 0 Å². The summed E-state index contributed by atoms with van der Waals surface area (Å²) in [4.78, 5) is 1.40. The zero-order valence-electron chi connectivity index (χ0n) is 9.96. The molecule has 0 radical (unpaired) electrons. The fraction of sp³-hybridized carbons (Fsp3) is 0.636. The molecule has 14 heavy (non-hydrogen) atoms. The molecule has 0 aromatic carbocycles. The third-order valence-electron chi connectivity index (χ3n) is 1.33. The van der Waals surface area contributed by atoms with Gasteiger partial charge in [-0.1, -0.05) is 34.6 Å². The molecule has 0 N–H and O–H groups in total. The summed E-state index contributed by atoms with van der Waals surface area (Å²) in [5, 5.41) is 0. The van der Waals surface area contributed by atoms with Gasteiger partial charge in [0, 0.05) is 4.88 Å².